The Bertz CT molecular complexity index is 249. The van der Waals surface area contributed by atoms with Gasteiger partial charge in [0.05, 0.1) is 12.5 Å². The quantitative estimate of drug-likeness (QED) is 0.588. The minimum absolute atomic E-state index is 0.140. The molecule has 0 heterocycles. The Morgan fingerprint density at radius 3 is 2.24 bits per heavy atom. The van der Waals surface area contributed by atoms with E-state index in [9.17, 15) is 4.79 Å². The standard InChI is InChI=1S/C12H27NO3Si/c1-7-15-11(14)10(8-13)9-16-17(5,6)12(2,3)4/h10H,7-9,13H2,1-6H3. The lowest BCUT2D eigenvalue weighted by atomic mass is 10.2. The fourth-order valence-corrected chi connectivity index (χ4v) is 2.07. The van der Waals surface area contributed by atoms with E-state index < -0.39 is 8.32 Å². The lowest BCUT2D eigenvalue weighted by Gasteiger charge is -2.36. The third-order valence-electron chi connectivity index (χ3n) is 3.36. The number of esters is 1. The van der Waals surface area contributed by atoms with Crippen molar-refractivity contribution in [2.24, 2.45) is 11.7 Å². The molecule has 0 spiro atoms. The van der Waals surface area contributed by atoms with Gasteiger partial charge in [0.15, 0.2) is 8.32 Å². The van der Waals surface area contributed by atoms with E-state index in [-0.39, 0.29) is 23.5 Å². The summed E-state index contributed by atoms with van der Waals surface area (Å²) in [4.78, 5) is 11.6. The molecule has 1 unspecified atom stereocenters. The topological polar surface area (TPSA) is 61.5 Å². The molecule has 4 nitrogen and oxygen atoms in total. The number of hydrogen-bond acceptors (Lipinski definition) is 4. The van der Waals surface area contributed by atoms with E-state index in [0.717, 1.165) is 0 Å². The Morgan fingerprint density at radius 1 is 1.35 bits per heavy atom. The van der Waals surface area contributed by atoms with Crippen LogP contribution in [0.5, 0.6) is 0 Å². The molecule has 0 aliphatic heterocycles. The molecule has 0 saturated heterocycles. The highest BCUT2D eigenvalue weighted by atomic mass is 28.4. The third-order valence-corrected chi connectivity index (χ3v) is 7.86. The molecule has 1 atom stereocenters. The van der Waals surface area contributed by atoms with Gasteiger partial charge in [-0.2, -0.15) is 0 Å². The van der Waals surface area contributed by atoms with Gasteiger partial charge in [-0.15, -0.1) is 0 Å². The zero-order valence-corrected chi connectivity index (χ0v) is 13.0. The fourth-order valence-electron chi connectivity index (χ4n) is 1.02. The molecular weight excluding hydrogens is 234 g/mol. The highest BCUT2D eigenvalue weighted by molar-refractivity contribution is 6.74. The van der Waals surface area contributed by atoms with Crippen molar-refractivity contribution in [3.63, 3.8) is 0 Å². The van der Waals surface area contributed by atoms with Crippen LogP contribution < -0.4 is 5.73 Å². The summed E-state index contributed by atoms with van der Waals surface area (Å²) in [7, 11) is -1.82. The summed E-state index contributed by atoms with van der Waals surface area (Å²) < 4.78 is 10.9. The molecule has 0 saturated carbocycles. The lowest BCUT2D eigenvalue weighted by molar-refractivity contribution is -0.148. The molecular formula is C12H27NO3Si. The van der Waals surface area contributed by atoms with E-state index in [1.165, 1.54) is 0 Å². The van der Waals surface area contributed by atoms with Gasteiger partial charge in [0.2, 0.25) is 0 Å². The van der Waals surface area contributed by atoms with Gasteiger partial charge in [-0.3, -0.25) is 4.79 Å². The zero-order valence-electron chi connectivity index (χ0n) is 12.0. The number of nitrogens with two attached hydrogens (primary N) is 1. The van der Waals surface area contributed by atoms with Crippen molar-refractivity contribution in [1.82, 2.24) is 0 Å². The van der Waals surface area contributed by atoms with Crippen molar-refractivity contribution in [3.8, 4) is 0 Å². The molecule has 0 radical (unpaired) electrons. The molecule has 0 aliphatic carbocycles. The molecule has 0 fully saturated rings. The van der Waals surface area contributed by atoms with Gasteiger partial charge in [-0.1, -0.05) is 20.8 Å². The van der Waals surface area contributed by atoms with Crippen molar-refractivity contribution in [1.29, 1.82) is 0 Å². The number of carbonyl (C=O) groups excluding carboxylic acids is 1. The predicted molar refractivity (Wildman–Crippen MR) is 72.3 cm³/mol. The molecule has 102 valence electrons. The lowest BCUT2D eigenvalue weighted by Crippen LogP contribution is -2.43. The van der Waals surface area contributed by atoms with Gasteiger partial charge in [0, 0.05) is 13.2 Å². The van der Waals surface area contributed by atoms with Crippen molar-refractivity contribution in [2.75, 3.05) is 19.8 Å². The summed E-state index contributed by atoms with van der Waals surface area (Å²) in [6.45, 7) is 13.6. The smallest absolute Gasteiger partial charge is 0.312 e. The molecule has 0 amide bonds. The van der Waals surface area contributed by atoms with E-state index in [1.54, 1.807) is 6.92 Å². The third kappa shape index (κ3) is 5.19. The summed E-state index contributed by atoms with van der Waals surface area (Å²) in [6, 6.07) is 0. The van der Waals surface area contributed by atoms with Crippen LogP contribution in [0.15, 0.2) is 0 Å². The average molecular weight is 261 g/mol. The van der Waals surface area contributed by atoms with Crippen LogP contribution >= 0.6 is 0 Å². The molecule has 2 N–H and O–H groups in total. The summed E-state index contributed by atoms with van der Waals surface area (Å²) in [5.41, 5.74) is 5.58. The largest absolute Gasteiger partial charge is 0.466 e. The molecule has 0 bridgehead atoms. The molecule has 0 rings (SSSR count). The van der Waals surface area contributed by atoms with Gasteiger partial charge < -0.3 is 14.9 Å². The summed E-state index contributed by atoms with van der Waals surface area (Å²) >= 11 is 0. The van der Waals surface area contributed by atoms with Crippen molar-refractivity contribution < 1.29 is 14.0 Å². The Morgan fingerprint density at radius 2 is 1.88 bits per heavy atom. The monoisotopic (exact) mass is 261 g/mol. The minimum Gasteiger partial charge on any atom is -0.466 e. The molecule has 0 aromatic heterocycles. The second-order valence-corrected chi connectivity index (χ2v) is 10.6. The Hall–Kier alpha value is -0.393. The van der Waals surface area contributed by atoms with Gasteiger partial charge in [-0.05, 0) is 25.1 Å². The Balaban J connectivity index is 4.38. The van der Waals surface area contributed by atoms with Gasteiger partial charge in [-0.25, -0.2) is 0 Å². The Kier molecular flexibility index (Phi) is 6.36. The number of carbonyl (C=O) groups is 1. The van der Waals surface area contributed by atoms with Crippen LogP contribution in [-0.4, -0.2) is 34.0 Å². The molecule has 5 heteroatoms. The van der Waals surface area contributed by atoms with Gasteiger partial charge in [0.1, 0.15) is 0 Å². The normalized spacial score (nSPS) is 14.5. The van der Waals surface area contributed by atoms with Crippen molar-refractivity contribution in [3.05, 3.63) is 0 Å². The van der Waals surface area contributed by atoms with Gasteiger partial charge in [0.25, 0.3) is 0 Å². The number of rotatable bonds is 6. The summed E-state index contributed by atoms with van der Waals surface area (Å²) in [5.74, 6) is -0.599. The van der Waals surface area contributed by atoms with E-state index in [0.29, 0.717) is 13.2 Å². The SMILES string of the molecule is CCOC(=O)C(CN)CO[Si](C)(C)C(C)(C)C. The minimum atomic E-state index is -1.82. The predicted octanol–water partition coefficient (Wildman–Crippen LogP) is 2.15. The first-order valence-electron chi connectivity index (χ1n) is 6.16. The molecule has 0 aliphatic rings. The first kappa shape index (κ1) is 16.6. The van der Waals surface area contributed by atoms with E-state index >= 15 is 0 Å². The average Bonchev–Trinajstić information content (AvgIpc) is 2.17. The van der Waals surface area contributed by atoms with Crippen molar-refractivity contribution in [2.45, 2.75) is 45.8 Å². The van der Waals surface area contributed by atoms with Crippen LogP contribution in [-0.2, 0) is 14.0 Å². The van der Waals surface area contributed by atoms with Crippen LogP contribution in [0.25, 0.3) is 0 Å². The first-order chi connectivity index (χ1) is 7.65. The first-order valence-corrected chi connectivity index (χ1v) is 9.07. The molecule has 0 aromatic rings. The fraction of sp³-hybridized carbons (Fsp3) is 0.917. The zero-order chi connectivity index (χ0) is 13.7. The second kappa shape index (κ2) is 6.52. The second-order valence-electron chi connectivity index (χ2n) is 5.76. The maximum atomic E-state index is 11.6. The maximum Gasteiger partial charge on any atom is 0.312 e. The summed E-state index contributed by atoms with van der Waals surface area (Å²) in [5, 5.41) is 0.140. The van der Waals surface area contributed by atoms with Crippen LogP contribution in [0.2, 0.25) is 18.1 Å². The molecule has 17 heavy (non-hydrogen) atoms. The maximum absolute atomic E-state index is 11.6. The molecule has 0 aromatic carbocycles. The van der Waals surface area contributed by atoms with Crippen LogP contribution in [0.4, 0.5) is 0 Å². The van der Waals surface area contributed by atoms with Crippen LogP contribution in [0.3, 0.4) is 0 Å². The van der Waals surface area contributed by atoms with E-state index in [2.05, 4.69) is 33.9 Å². The summed E-state index contributed by atoms with van der Waals surface area (Å²) in [6.07, 6.45) is 0. The highest BCUT2D eigenvalue weighted by Crippen LogP contribution is 2.36. The Labute approximate surface area is 106 Å². The van der Waals surface area contributed by atoms with E-state index in [1.807, 2.05) is 0 Å². The number of ether oxygens (including phenoxy) is 1. The van der Waals surface area contributed by atoms with Crippen molar-refractivity contribution >= 4 is 14.3 Å². The number of hydrogen-bond donors (Lipinski definition) is 1. The highest BCUT2D eigenvalue weighted by Gasteiger charge is 2.38. The van der Waals surface area contributed by atoms with E-state index in [4.69, 9.17) is 14.9 Å². The van der Waals surface area contributed by atoms with Gasteiger partial charge >= 0.3 is 5.97 Å². The van der Waals surface area contributed by atoms with Crippen LogP contribution in [0.1, 0.15) is 27.7 Å². The van der Waals surface area contributed by atoms with Crippen LogP contribution in [0, 0.1) is 5.92 Å².